The maximum atomic E-state index is 12.7. The van der Waals surface area contributed by atoms with Crippen molar-refractivity contribution in [3.8, 4) is 0 Å². The monoisotopic (exact) mass is 371 g/mol. The first kappa shape index (κ1) is 18.9. The fourth-order valence-electron chi connectivity index (χ4n) is 2.64. The Labute approximate surface area is 163 Å². The van der Waals surface area contributed by atoms with Crippen LogP contribution in [0.1, 0.15) is 21.5 Å². The van der Waals surface area contributed by atoms with Gasteiger partial charge in [-0.1, -0.05) is 60.7 Å². The Balaban J connectivity index is 1.78. The van der Waals surface area contributed by atoms with Gasteiger partial charge in [0.25, 0.3) is 11.8 Å². The third-order valence-electron chi connectivity index (χ3n) is 4.04. The Morgan fingerprint density at radius 3 is 2.21 bits per heavy atom. The number of nitrogens with one attached hydrogen (secondary N) is 2. The number of carbonyl (C=O) groups is 2. The molecule has 0 aromatic heterocycles. The second-order valence-electron chi connectivity index (χ2n) is 6.22. The molecule has 0 radical (unpaired) electrons. The first-order chi connectivity index (χ1) is 13.6. The predicted octanol–water partition coefficient (Wildman–Crippen LogP) is 3.36. The molecule has 0 saturated heterocycles. The molecule has 0 heterocycles. The molecule has 0 aliphatic heterocycles. The molecule has 140 valence electrons. The fourth-order valence-corrected chi connectivity index (χ4v) is 2.64. The van der Waals surface area contributed by atoms with Crippen molar-refractivity contribution in [1.82, 2.24) is 10.6 Å². The third kappa shape index (κ3) is 5.32. The van der Waals surface area contributed by atoms with Crippen LogP contribution in [0.2, 0.25) is 0 Å². The second-order valence-corrected chi connectivity index (χ2v) is 6.22. The molecular weight excluding hydrogens is 350 g/mol. The number of nitrogen functional groups attached to an aromatic ring is 1. The molecule has 0 aliphatic rings. The average Bonchev–Trinajstić information content (AvgIpc) is 2.73. The van der Waals surface area contributed by atoms with Gasteiger partial charge in [-0.25, -0.2) is 0 Å². The fraction of sp³-hybridized carbons (Fsp3) is 0.0435. The summed E-state index contributed by atoms with van der Waals surface area (Å²) in [5.74, 6) is -0.725. The molecule has 3 aromatic carbocycles. The lowest BCUT2D eigenvalue weighted by atomic mass is 10.1. The molecule has 0 unspecified atom stereocenters. The van der Waals surface area contributed by atoms with E-state index in [1.807, 2.05) is 48.5 Å². The maximum absolute atomic E-state index is 12.7. The van der Waals surface area contributed by atoms with Crippen molar-refractivity contribution in [2.45, 2.75) is 6.54 Å². The molecule has 0 spiro atoms. The predicted molar refractivity (Wildman–Crippen MR) is 111 cm³/mol. The number of benzene rings is 3. The van der Waals surface area contributed by atoms with Gasteiger partial charge >= 0.3 is 0 Å². The number of hydrogen-bond donors (Lipinski definition) is 3. The van der Waals surface area contributed by atoms with Crippen molar-refractivity contribution in [1.29, 1.82) is 0 Å². The molecule has 0 bridgehead atoms. The van der Waals surface area contributed by atoms with E-state index >= 15 is 0 Å². The number of rotatable bonds is 6. The van der Waals surface area contributed by atoms with Gasteiger partial charge in [-0.15, -0.1) is 0 Å². The third-order valence-corrected chi connectivity index (χ3v) is 4.04. The molecule has 4 N–H and O–H groups in total. The molecule has 0 fully saturated rings. The Bertz CT molecular complexity index is 983. The van der Waals surface area contributed by atoms with Crippen molar-refractivity contribution in [3.05, 3.63) is 107 Å². The summed E-state index contributed by atoms with van der Waals surface area (Å²) < 4.78 is 0. The minimum Gasteiger partial charge on any atom is -0.399 e. The van der Waals surface area contributed by atoms with Crippen LogP contribution in [0.15, 0.2) is 90.6 Å². The van der Waals surface area contributed by atoms with Crippen molar-refractivity contribution in [3.63, 3.8) is 0 Å². The lowest BCUT2D eigenvalue weighted by Gasteiger charge is -2.12. The van der Waals surface area contributed by atoms with Crippen LogP contribution in [0.4, 0.5) is 5.69 Å². The minimum absolute atomic E-state index is 0.170. The van der Waals surface area contributed by atoms with Crippen molar-refractivity contribution < 1.29 is 9.59 Å². The smallest absolute Gasteiger partial charge is 0.268 e. The van der Waals surface area contributed by atoms with Gasteiger partial charge in [0.1, 0.15) is 5.70 Å². The average molecular weight is 371 g/mol. The second kappa shape index (κ2) is 9.19. The van der Waals surface area contributed by atoms with E-state index in [-0.39, 0.29) is 17.5 Å². The molecule has 0 atom stereocenters. The van der Waals surface area contributed by atoms with Crippen LogP contribution >= 0.6 is 0 Å². The summed E-state index contributed by atoms with van der Waals surface area (Å²) in [5, 5.41) is 5.54. The van der Waals surface area contributed by atoms with E-state index in [1.54, 1.807) is 42.5 Å². The van der Waals surface area contributed by atoms with Crippen LogP contribution in [0.25, 0.3) is 6.08 Å². The van der Waals surface area contributed by atoms with Gasteiger partial charge in [-0.2, -0.15) is 0 Å². The number of anilines is 1. The first-order valence-electron chi connectivity index (χ1n) is 8.87. The zero-order valence-electron chi connectivity index (χ0n) is 15.3. The zero-order valence-corrected chi connectivity index (χ0v) is 15.3. The van der Waals surface area contributed by atoms with E-state index in [0.29, 0.717) is 17.8 Å². The standard InChI is InChI=1S/C23H21N3O2/c24-20-13-7-10-18(14-20)16-25-23(28)21(15-17-8-3-1-4-9-17)26-22(27)19-11-5-2-6-12-19/h1-15H,16,24H2,(H,25,28)(H,26,27)/b21-15+. The molecule has 0 aliphatic carbocycles. The van der Waals surface area contributed by atoms with E-state index in [0.717, 1.165) is 11.1 Å². The Morgan fingerprint density at radius 1 is 0.857 bits per heavy atom. The van der Waals surface area contributed by atoms with Gasteiger partial charge in [-0.05, 0) is 41.5 Å². The van der Waals surface area contributed by atoms with Gasteiger partial charge in [0.15, 0.2) is 0 Å². The lowest BCUT2D eigenvalue weighted by Crippen LogP contribution is -2.34. The number of carbonyl (C=O) groups excluding carboxylic acids is 2. The first-order valence-corrected chi connectivity index (χ1v) is 8.87. The van der Waals surface area contributed by atoms with Crippen molar-refractivity contribution in [2.75, 3.05) is 5.73 Å². The van der Waals surface area contributed by atoms with Crippen LogP contribution in [0.5, 0.6) is 0 Å². The van der Waals surface area contributed by atoms with Crippen LogP contribution in [0, 0.1) is 0 Å². The highest BCUT2D eigenvalue weighted by Crippen LogP contribution is 2.09. The summed E-state index contributed by atoms with van der Waals surface area (Å²) in [6.07, 6.45) is 1.65. The summed E-state index contributed by atoms with van der Waals surface area (Å²) in [6, 6.07) is 25.4. The maximum Gasteiger partial charge on any atom is 0.268 e. The zero-order chi connectivity index (χ0) is 19.8. The summed E-state index contributed by atoms with van der Waals surface area (Å²) in [6.45, 7) is 0.303. The van der Waals surface area contributed by atoms with Crippen LogP contribution in [-0.2, 0) is 11.3 Å². The molecular formula is C23H21N3O2. The molecule has 5 nitrogen and oxygen atoms in total. The highest BCUT2D eigenvalue weighted by atomic mass is 16.2. The number of nitrogens with two attached hydrogens (primary N) is 1. The Morgan fingerprint density at radius 2 is 1.54 bits per heavy atom. The summed E-state index contributed by atoms with van der Waals surface area (Å²) in [5.41, 5.74) is 8.74. The van der Waals surface area contributed by atoms with Crippen LogP contribution in [-0.4, -0.2) is 11.8 Å². The largest absolute Gasteiger partial charge is 0.399 e. The van der Waals surface area contributed by atoms with E-state index in [9.17, 15) is 9.59 Å². The quantitative estimate of drug-likeness (QED) is 0.459. The highest BCUT2D eigenvalue weighted by molar-refractivity contribution is 6.05. The van der Waals surface area contributed by atoms with Crippen LogP contribution in [0.3, 0.4) is 0 Å². The molecule has 5 heteroatoms. The van der Waals surface area contributed by atoms with E-state index < -0.39 is 0 Å². The molecule has 2 amide bonds. The lowest BCUT2D eigenvalue weighted by molar-refractivity contribution is -0.117. The number of hydrogen-bond acceptors (Lipinski definition) is 3. The van der Waals surface area contributed by atoms with Gasteiger partial charge in [0.05, 0.1) is 0 Å². The molecule has 3 aromatic rings. The summed E-state index contributed by atoms with van der Waals surface area (Å²) >= 11 is 0. The number of amides is 2. The highest BCUT2D eigenvalue weighted by Gasteiger charge is 2.14. The van der Waals surface area contributed by atoms with Gasteiger partial charge in [0.2, 0.25) is 0 Å². The van der Waals surface area contributed by atoms with Gasteiger partial charge < -0.3 is 16.4 Å². The normalized spacial score (nSPS) is 10.9. The molecule has 28 heavy (non-hydrogen) atoms. The summed E-state index contributed by atoms with van der Waals surface area (Å²) in [7, 11) is 0. The molecule has 3 rings (SSSR count). The summed E-state index contributed by atoms with van der Waals surface area (Å²) in [4.78, 5) is 25.3. The molecule has 0 saturated carbocycles. The van der Waals surface area contributed by atoms with Gasteiger partial charge in [-0.3, -0.25) is 9.59 Å². The Kier molecular flexibility index (Phi) is 6.21. The van der Waals surface area contributed by atoms with Crippen molar-refractivity contribution in [2.24, 2.45) is 0 Å². The topological polar surface area (TPSA) is 84.2 Å². The van der Waals surface area contributed by atoms with Gasteiger partial charge in [0, 0.05) is 17.8 Å². The Hall–Kier alpha value is -3.86. The van der Waals surface area contributed by atoms with E-state index in [2.05, 4.69) is 10.6 Å². The van der Waals surface area contributed by atoms with E-state index in [1.165, 1.54) is 0 Å². The van der Waals surface area contributed by atoms with Crippen LogP contribution < -0.4 is 16.4 Å². The SMILES string of the molecule is Nc1cccc(CNC(=O)/C(=C\c2ccccc2)NC(=O)c2ccccc2)c1. The minimum atomic E-state index is -0.379. The van der Waals surface area contributed by atoms with E-state index in [4.69, 9.17) is 5.73 Å². The van der Waals surface area contributed by atoms with Crippen molar-refractivity contribution >= 4 is 23.6 Å².